The number of hydrogen-bond donors (Lipinski definition) is 3. The third kappa shape index (κ3) is 4.77. The summed E-state index contributed by atoms with van der Waals surface area (Å²) in [5.41, 5.74) is 1.34. The second-order valence-electron chi connectivity index (χ2n) is 5.73. The van der Waals surface area contributed by atoms with Gasteiger partial charge in [0.05, 0.1) is 0 Å². The van der Waals surface area contributed by atoms with Gasteiger partial charge >= 0.3 is 6.03 Å². The van der Waals surface area contributed by atoms with E-state index in [1.807, 2.05) is 0 Å². The lowest BCUT2D eigenvalue weighted by Crippen LogP contribution is -2.43. The molecule has 0 aromatic heterocycles. The first-order chi connectivity index (χ1) is 10.0. The van der Waals surface area contributed by atoms with Crippen LogP contribution >= 0.6 is 0 Å². The number of anilines is 2. The van der Waals surface area contributed by atoms with Crippen LogP contribution in [-0.2, 0) is 4.79 Å². The van der Waals surface area contributed by atoms with E-state index in [0.717, 1.165) is 6.42 Å². The van der Waals surface area contributed by atoms with Crippen LogP contribution in [0.15, 0.2) is 24.3 Å². The molecule has 0 spiro atoms. The number of benzene rings is 1. The summed E-state index contributed by atoms with van der Waals surface area (Å²) in [5, 5.41) is 8.56. The molecule has 3 amide bonds. The fourth-order valence-electron chi connectivity index (χ4n) is 2.74. The van der Waals surface area contributed by atoms with Crippen LogP contribution in [-0.4, -0.2) is 18.0 Å². The fourth-order valence-corrected chi connectivity index (χ4v) is 2.74. The quantitative estimate of drug-likeness (QED) is 0.798. The lowest BCUT2D eigenvalue weighted by Gasteiger charge is -2.29. The summed E-state index contributed by atoms with van der Waals surface area (Å²) < 4.78 is 0. The number of carbonyl (C=O) groups is 2. The van der Waals surface area contributed by atoms with Crippen LogP contribution in [0.3, 0.4) is 0 Å². The molecule has 5 heteroatoms. The molecule has 1 aliphatic carbocycles. The van der Waals surface area contributed by atoms with Gasteiger partial charge in [0.15, 0.2) is 0 Å². The maximum atomic E-state index is 12.1. The summed E-state index contributed by atoms with van der Waals surface area (Å²) in [6.07, 6.45) is 4.64. The number of nitrogens with one attached hydrogen (secondary N) is 3. The molecule has 1 aromatic rings. The summed E-state index contributed by atoms with van der Waals surface area (Å²) in [6.45, 7) is 3.64. The molecule has 0 radical (unpaired) electrons. The van der Waals surface area contributed by atoms with Gasteiger partial charge in [0.2, 0.25) is 5.91 Å². The largest absolute Gasteiger partial charge is 0.335 e. The van der Waals surface area contributed by atoms with E-state index in [2.05, 4.69) is 22.9 Å². The smallest absolute Gasteiger partial charge is 0.319 e. The number of urea groups is 1. The van der Waals surface area contributed by atoms with Crippen molar-refractivity contribution in [2.75, 3.05) is 10.6 Å². The summed E-state index contributed by atoms with van der Waals surface area (Å²) in [5.74, 6) is 0.392. The molecule has 21 heavy (non-hydrogen) atoms. The van der Waals surface area contributed by atoms with Crippen LogP contribution in [0.2, 0.25) is 0 Å². The maximum Gasteiger partial charge on any atom is 0.319 e. The highest BCUT2D eigenvalue weighted by Crippen LogP contribution is 2.24. The lowest BCUT2D eigenvalue weighted by molar-refractivity contribution is -0.114. The predicted octanol–water partition coefficient (Wildman–Crippen LogP) is 3.35. The van der Waals surface area contributed by atoms with Crippen molar-refractivity contribution in [1.29, 1.82) is 0 Å². The molecule has 0 saturated heterocycles. The van der Waals surface area contributed by atoms with Crippen molar-refractivity contribution in [3.8, 4) is 0 Å². The topological polar surface area (TPSA) is 70.2 Å². The van der Waals surface area contributed by atoms with Crippen molar-refractivity contribution in [2.45, 2.75) is 45.6 Å². The van der Waals surface area contributed by atoms with Crippen LogP contribution in [0.1, 0.15) is 39.5 Å². The molecular formula is C16H23N3O2. The van der Waals surface area contributed by atoms with Crippen molar-refractivity contribution >= 4 is 23.3 Å². The van der Waals surface area contributed by atoms with Crippen LogP contribution in [0.4, 0.5) is 16.2 Å². The zero-order chi connectivity index (χ0) is 15.2. The van der Waals surface area contributed by atoms with E-state index >= 15 is 0 Å². The molecule has 1 fully saturated rings. The number of rotatable bonds is 3. The minimum absolute atomic E-state index is 0.132. The number of hydrogen-bond acceptors (Lipinski definition) is 2. The maximum absolute atomic E-state index is 12.1. The summed E-state index contributed by atoms with van der Waals surface area (Å²) >= 11 is 0. The van der Waals surface area contributed by atoms with E-state index < -0.39 is 0 Å². The molecule has 1 saturated carbocycles. The average Bonchev–Trinajstić information content (AvgIpc) is 2.41. The van der Waals surface area contributed by atoms with Crippen LogP contribution in [0.5, 0.6) is 0 Å². The first-order valence-electron chi connectivity index (χ1n) is 7.50. The molecule has 0 bridgehead atoms. The Morgan fingerprint density at radius 2 is 1.76 bits per heavy atom. The Morgan fingerprint density at radius 1 is 1.10 bits per heavy atom. The van der Waals surface area contributed by atoms with Crippen molar-refractivity contribution in [1.82, 2.24) is 5.32 Å². The van der Waals surface area contributed by atoms with E-state index in [9.17, 15) is 9.59 Å². The molecule has 0 aliphatic heterocycles. The van der Waals surface area contributed by atoms with Gasteiger partial charge in [-0.15, -0.1) is 0 Å². The molecule has 1 aromatic carbocycles. The van der Waals surface area contributed by atoms with E-state index in [-0.39, 0.29) is 18.0 Å². The van der Waals surface area contributed by atoms with E-state index in [1.54, 1.807) is 24.3 Å². The number of amides is 3. The van der Waals surface area contributed by atoms with E-state index in [0.29, 0.717) is 17.3 Å². The Hall–Kier alpha value is -2.04. The third-order valence-electron chi connectivity index (χ3n) is 3.87. The Balaban J connectivity index is 1.91. The fraction of sp³-hybridized carbons (Fsp3) is 0.500. The van der Waals surface area contributed by atoms with Gasteiger partial charge in [-0.2, -0.15) is 0 Å². The minimum Gasteiger partial charge on any atom is -0.335 e. The van der Waals surface area contributed by atoms with Crippen molar-refractivity contribution < 1.29 is 9.59 Å². The Labute approximate surface area is 125 Å². The van der Waals surface area contributed by atoms with E-state index in [4.69, 9.17) is 0 Å². The van der Waals surface area contributed by atoms with Crippen LogP contribution in [0.25, 0.3) is 0 Å². The summed E-state index contributed by atoms with van der Waals surface area (Å²) in [6, 6.07) is 7.18. The highest BCUT2D eigenvalue weighted by molar-refractivity contribution is 5.92. The van der Waals surface area contributed by atoms with Gasteiger partial charge in [0.25, 0.3) is 0 Å². The van der Waals surface area contributed by atoms with Crippen LogP contribution in [0, 0.1) is 5.92 Å². The molecule has 3 N–H and O–H groups in total. The Bertz CT molecular complexity index is 516. The van der Waals surface area contributed by atoms with Gasteiger partial charge in [-0.25, -0.2) is 4.79 Å². The molecule has 2 atom stereocenters. The molecule has 114 valence electrons. The van der Waals surface area contributed by atoms with Gasteiger partial charge in [-0.3, -0.25) is 4.79 Å². The summed E-state index contributed by atoms with van der Waals surface area (Å²) in [7, 11) is 0. The lowest BCUT2D eigenvalue weighted by atomic mass is 9.86. The van der Waals surface area contributed by atoms with Gasteiger partial charge in [-0.05, 0) is 37.0 Å². The molecule has 0 heterocycles. The zero-order valence-electron chi connectivity index (χ0n) is 12.6. The second kappa shape index (κ2) is 7.11. The SMILES string of the molecule is CC(=O)Nc1cccc(NC(=O)N[C@@H]2CCCC[C@H]2C)c1. The standard InChI is InChI=1S/C16H23N3O2/c1-11-6-3-4-9-15(11)19-16(21)18-14-8-5-7-13(10-14)17-12(2)20/h5,7-8,10-11,15H,3-4,6,9H2,1-2H3,(H,17,20)(H2,18,19,21)/t11-,15-/m1/s1. The first-order valence-corrected chi connectivity index (χ1v) is 7.50. The van der Waals surface area contributed by atoms with Crippen molar-refractivity contribution in [3.63, 3.8) is 0 Å². The average molecular weight is 289 g/mol. The van der Waals surface area contributed by atoms with Crippen molar-refractivity contribution in [2.24, 2.45) is 5.92 Å². The normalized spacial score (nSPS) is 21.4. The number of carbonyl (C=O) groups excluding carboxylic acids is 2. The Morgan fingerprint density at radius 3 is 2.43 bits per heavy atom. The van der Waals surface area contributed by atoms with Crippen molar-refractivity contribution in [3.05, 3.63) is 24.3 Å². The zero-order valence-corrected chi connectivity index (χ0v) is 12.6. The first kappa shape index (κ1) is 15.4. The molecule has 2 rings (SSSR count). The highest BCUT2D eigenvalue weighted by atomic mass is 16.2. The predicted molar refractivity (Wildman–Crippen MR) is 84.3 cm³/mol. The van der Waals surface area contributed by atoms with Crippen LogP contribution < -0.4 is 16.0 Å². The molecule has 0 unspecified atom stereocenters. The van der Waals surface area contributed by atoms with Gasteiger partial charge in [-0.1, -0.05) is 25.8 Å². The minimum atomic E-state index is -0.186. The molecule has 1 aliphatic rings. The van der Waals surface area contributed by atoms with E-state index in [1.165, 1.54) is 26.2 Å². The highest BCUT2D eigenvalue weighted by Gasteiger charge is 2.22. The van der Waals surface area contributed by atoms with Gasteiger partial charge in [0.1, 0.15) is 0 Å². The Kier molecular flexibility index (Phi) is 5.20. The second-order valence-corrected chi connectivity index (χ2v) is 5.73. The summed E-state index contributed by atoms with van der Waals surface area (Å²) in [4.78, 5) is 23.1. The molecule has 5 nitrogen and oxygen atoms in total. The third-order valence-corrected chi connectivity index (χ3v) is 3.87. The van der Waals surface area contributed by atoms with Gasteiger partial charge < -0.3 is 16.0 Å². The monoisotopic (exact) mass is 289 g/mol. The molecular weight excluding hydrogens is 266 g/mol. The van der Waals surface area contributed by atoms with Gasteiger partial charge in [0, 0.05) is 24.3 Å².